The third kappa shape index (κ3) is 6.80. The number of rotatable bonds is 7. The standard InChI is InChI=1S/C23H21F3N2O6/c24-17-7-3-15(4-8-17)21(31)28-11-1-2-16(12-28)22(32)33-13-19(29)27-20(30)14-5-9-18(10-6-14)34-23(25)26/h3-10,16,23H,1-2,11-13H2,(H,27,29,30). The molecule has 0 radical (unpaired) electrons. The van der Waals surface area contributed by atoms with Gasteiger partial charge in [-0.3, -0.25) is 24.5 Å². The number of nitrogens with one attached hydrogen (secondary N) is 1. The average Bonchev–Trinajstić information content (AvgIpc) is 2.82. The van der Waals surface area contributed by atoms with Crippen LogP contribution in [0.2, 0.25) is 0 Å². The van der Waals surface area contributed by atoms with E-state index in [1.54, 1.807) is 0 Å². The van der Waals surface area contributed by atoms with E-state index in [4.69, 9.17) is 4.74 Å². The maximum absolute atomic E-state index is 13.1. The van der Waals surface area contributed by atoms with E-state index in [2.05, 4.69) is 4.74 Å². The molecular formula is C23H21F3N2O6. The normalized spacial score (nSPS) is 15.5. The van der Waals surface area contributed by atoms with E-state index in [9.17, 15) is 32.3 Å². The lowest BCUT2D eigenvalue weighted by Gasteiger charge is -2.31. The van der Waals surface area contributed by atoms with Gasteiger partial charge in [0.25, 0.3) is 17.7 Å². The van der Waals surface area contributed by atoms with Crippen molar-refractivity contribution in [3.05, 3.63) is 65.5 Å². The van der Waals surface area contributed by atoms with Crippen LogP contribution in [0.3, 0.4) is 0 Å². The molecule has 1 aliphatic heterocycles. The van der Waals surface area contributed by atoms with E-state index in [0.717, 1.165) is 12.1 Å². The molecule has 3 rings (SSSR count). The highest BCUT2D eigenvalue weighted by Crippen LogP contribution is 2.20. The van der Waals surface area contributed by atoms with Gasteiger partial charge in [-0.25, -0.2) is 4.39 Å². The summed E-state index contributed by atoms with van der Waals surface area (Å²) in [7, 11) is 0. The number of halogens is 3. The number of likely N-dealkylation sites (tertiary alicyclic amines) is 1. The number of amides is 3. The molecule has 2 aromatic carbocycles. The third-order valence-electron chi connectivity index (χ3n) is 5.07. The van der Waals surface area contributed by atoms with Crippen LogP contribution in [0.5, 0.6) is 5.75 Å². The Balaban J connectivity index is 1.46. The smallest absolute Gasteiger partial charge is 0.387 e. The highest BCUT2D eigenvalue weighted by molar-refractivity contribution is 6.05. The Bertz CT molecular complexity index is 1040. The quantitative estimate of drug-likeness (QED) is 0.614. The number of hydrogen-bond acceptors (Lipinski definition) is 6. The second-order valence-electron chi connectivity index (χ2n) is 7.49. The molecule has 0 aromatic heterocycles. The molecule has 1 heterocycles. The highest BCUT2D eigenvalue weighted by atomic mass is 19.3. The molecule has 180 valence electrons. The first-order valence-electron chi connectivity index (χ1n) is 10.3. The first-order valence-corrected chi connectivity index (χ1v) is 10.3. The lowest BCUT2D eigenvalue weighted by molar-refractivity contribution is -0.153. The van der Waals surface area contributed by atoms with E-state index in [1.807, 2.05) is 5.32 Å². The molecule has 0 saturated carbocycles. The lowest BCUT2D eigenvalue weighted by atomic mass is 9.97. The van der Waals surface area contributed by atoms with Crippen LogP contribution in [-0.4, -0.2) is 54.9 Å². The van der Waals surface area contributed by atoms with E-state index in [1.165, 1.54) is 41.3 Å². The summed E-state index contributed by atoms with van der Waals surface area (Å²) < 4.78 is 46.6. The van der Waals surface area contributed by atoms with Crippen LogP contribution in [0.4, 0.5) is 13.2 Å². The molecule has 8 nitrogen and oxygen atoms in total. The van der Waals surface area contributed by atoms with Crippen molar-refractivity contribution in [3.8, 4) is 5.75 Å². The third-order valence-corrected chi connectivity index (χ3v) is 5.07. The summed E-state index contributed by atoms with van der Waals surface area (Å²) >= 11 is 0. The summed E-state index contributed by atoms with van der Waals surface area (Å²) in [5.74, 6) is -3.97. The Kier molecular flexibility index (Phi) is 8.23. The van der Waals surface area contributed by atoms with Crippen LogP contribution in [0.1, 0.15) is 33.6 Å². The van der Waals surface area contributed by atoms with Crippen LogP contribution in [-0.2, 0) is 14.3 Å². The van der Waals surface area contributed by atoms with Gasteiger partial charge in [-0.2, -0.15) is 8.78 Å². The van der Waals surface area contributed by atoms with Crippen molar-refractivity contribution < 1.29 is 41.8 Å². The number of benzene rings is 2. The Morgan fingerprint density at radius 3 is 2.29 bits per heavy atom. The monoisotopic (exact) mass is 478 g/mol. The van der Waals surface area contributed by atoms with Crippen molar-refractivity contribution >= 4 is 23.7 Å². The Morgan fingerprint density at radius 2 is 1.65 bits per heavy atom. The molecule has 0 aliphatic carbocycles. The summed E-state index contributed by atoms with van der Waals surface area (Å²) in [5, 5.41) is 2.03. The predicted octanol–water partition coefficient (Wildman–Crippen LogP) is 2.78. The maximum Gasteiger partial charge on any atom is 0.387 e. The molecule has 1 N–H and O–H groups in total. The Labute approximate surface area is 192 Å². The van der Waals surface area contributed by atoms with Crippen LogP contribution in [0, 0.1) is 11.7 Å². The number of carbonyl (C=O) groups is 4. The molecule has 1 aliphatic rings. The fourth-order valence-electron chi connectivity index (χ4n) is 3.41. The highest BCUT2D eigenvalue weighted by Gasteiger charge is 2.30. The van der Waals surface area contributed by atoms with Gasteiger partial charge in [0, 0.05) is 24.2 Å². The van der Waals surface area contributed by atoms with Crippen molar-refractivity contribution in [2.75, 3.05) is 19.7 Å². The van der Waals surface area contributed by atoms with E-state index in [-0.39, 0.29) is 23.8 Å². The SMILES string of the molecule is O=C(COC(=O)C1CCCN(C(=O)c2ccc(F)cc2)C1)NC(=O)c1ccc(OC(F)F)cc1. The number of hydrogen-bond donors (Lipinski definition) is 1. The number of imide groups is 1. The van der Waals surface area contributed by atoms with Crippen molar-refractivity contribution in [2.24, 2.45) is 5.92 Å². The summed E-state index contributed by atoms with van der Waals surface area (Å²) in [5.41, 5.74) is 0.311. The molecule has 34 heavy (non-hydrogen) atoms. The number of ether oxygens (including phenoxy) is 2. The minimum atomic E-state index is -3.01. The van der Waals surface area contributed by atoms with Crippen molar-refractivity contribution in [1.82, 2.24) is 10.2 Å². The molecule has 1 atom stereocenters. The molecule has 1 fully saturated rings. The molecule has 0 bridgehead atoms. The summed E-state index contributed by atoms with van der Waals surface area (Å²) in [4.78, 5) is 50.5. The van der Waals surface area contributed by atoms with Gasteiger partial charge in [-0.1, -0.05) is 0 Å². The minimum absolute atomic E-state index is 0.0171. The van der Waals surface area contributed by atoms with Crippen molar-refractivity contribution in [2.45, 2.75) is 19.5 Å². The van der Waals surface area contributed by atoms with Gasteiger partial charge in [0.2, 0.25) is 0 Å². The second kappa shape index (κ2) is 11.3. The fraction of sp³-hybridized carbons (Fsp3) is 0.304. The van der Waals surface area contributed by atoms with Crippen molar-refractivity contribution in [3.63, 3.8) is 0 Å². The number of piperidine rings is 1. The van der Waals surface area contributed by atoms with E-state index in [0.29, 0.717) is 24.9 Å². The molecule has 11 heteroatoms. The predicted molar refractivity (Wildman–Crippen MR) is 112 cm³/mol. The molecule has 1 saturated heterocycles. The Hall–Kier alpha value is -3.89. The second-order valence-corrected chi connectivity index (χ2v) is 7.49. The maximum atomic E-state index is 13.1. The van der Waals surface area contributed by atoms with Crippen LogP contribution in [0.25, 0.3) is 0 Å². The van der Waals surface area contributed by atoms with E-state index < -0.39 is 42.7 Å². The molecule has 0 spiro atoms. The first-order chi connectivity index (χ1) is 16.2. The largest absolute Gasteiger partial charge is 0.455 e. The number of nitrogens with zero attached hydrogens (tertiary/aromatic N) is 1. The van der Waals surface area contributed by atoms with Crippen LogP contribution >= 0.6 is 0 Å². The minimum Gasteiger partial charge on any atom is -0.455 e. The molecular weight excluding hydrogens is 457 g/mol. The van der Waals surface area contributed by atoms with Gasteiger partial charge < -0.3 is 14.4 Å². The Morgan fingerprint density at radius 1 is 1.00 bits per heavy atom. The average molecular weight is 478 g/mol. The zero-order valence-electron chi connectivity index (χ0n) is 17.8. The summed E-state index contributed by atoms with van der Waals surface area (Å²) in [6, 6.07) is 9.76. The van der Waals surface area contributed by atoms with Gasteiger partial charge in [0.15, 0.2) is 6.61 Å². The zero-order valence-corrected chi connectivity index (χ0v) is 17.8. The van der Waals surface area contributed by atoms with Gasteiger partial charge in [-0.15, -0.1) is 0 Å². The fourth-order valence-corrected chi connectivity index (χ4v) is 3.41. The summed E-state index contributed by atoms with van der Waals surface area (Å²) in [6.45, 7) is -3.20. The molecule has 2 aromatic rings. The van der Waals surface area contributed by atoms with Gasteiger partial charge in [0.1, 0.15) is 11.6 Å². The molecule has 1 unspecified atom stereocenters. The number of carbonyl (C=O) groups excluding carboxylic acids is 4. The number of alkyl halides is 2. The van der Waals surface area contributed by atoms with Crippen LogP contribution in [0.15, 0.2) is 48.5 Å². The topological polar surface area (TPSA) is 102 Å². The first kappa shape index (κ1) is 24.7. The summed E-state index contributed by atoms with van der Waals surface area (Å²) in [6.07, 6.45) is 1.00. The van der Waals surface area contributed by atoms with E-state index >= 15 is 0 Å². The lowest BCUT2D eigenvalue weighted by Crippen LogP contribution is -2.43. The van der Waals surface area contributed by atoms with Gasteiger partial charge in [-0.05, 0) is 61.4 Å². The van der Waals surface area contributed by atoms with Crippen LogP contribution < -0.4 is 10.1 Å². The van der Waals surface area contributed by atoms with Gasteiger partial charge >= 0.3 is 12.6 Å². The number of esters is 1. The van der Waals surface area contributed by atoms with Crippen molar-refractivity contribution in [1.29, 1.82) is 0 Å². The van der Waals surface area contributed by atoms with Gasteiger partial charge in [0.05, 0.1) is 5.92 Å². The molecule has 3 amide bonds. The zero-order chi connectivity index (χ0) is 24.7.